The first-order chi connectivity index (χ1) is 17.6. The third kappa shape index (κ3) is 5.53. The van der Waals surface area contributed by atoms with E-state index >= 15 is 0 Å². The number of benzene rings is 3. The minimum atomic E-state index is -0.984. The van der Waals surface area contributed by atoms with Gasteiger partial charge in [0.15, 0.2) is 0 Å². The second-order valence-electron chi connectivity index (χ2n) is 8.41. The van der Waals surface area contributed by atoms with Crippen LogP contribution >= 0.6 is 0 Å². The Morgan fingerprint density at radius 3 is 1.70 bits per heavy atom. The maximum Gasteiger partial charge on any atom is 0.269 e. The highest BCUT2D eigenvalue weighted by Gasteiger charge is 2.37. The number of nitro groups is 1. The molecule has 3 aromatic carbocycles. The van der Waals surface area contributed by atoms with Crippen LogP contribution in [0.25, 0.3) is 0 Å². The van der Waals surface area contributed by atoms with Crippen molar-refractivity contribution in [3.05, 3.63) is 123 Å². The van der Waals surface area contributed by atoms with Crippen molar-refractivity contribution in [3.63, 3.8) is 0 Å². The van der Waals surface area contributed by atoms with Crippen molar-refractivity contribution in [1.82, 2.24) is 5.32 Å². The number of carbonyl (C=O) groups excluding carboxylic acids is 2. The summed E-state index contributed by atoms with van der Waals surface area (Å²) in [5.41, 5.74) is 1.98. The van der Waals surface area contributed by atoms with E-state index in [4.69, 9.17) is 0 Å². The summed E-state index contributed by atoms with van der Waals surface area (Å²) in [6.45, 7) is 3.31. The van der Waals surface area contributed by atoms with Crippen LogP contribution in [-0.4, -0.2) is 16.7 Å². The topological polar surface area (TPSA) is 113 Å². The lowest BCUT2D eigenvalue weighted by Crippen LogP contribution is -2.35. The molecule has 0 atom stereocenters. The average Bonchev–Trinajstić information content (AvgIpc) is 2.86. The van der Waals surface area contributed by atoms with E-state index < -0.39 is 34.3 Å². The quantitative estimate of drug-likeness (QED) is 0.308. The van der Waals surface area contributed by atoms with Gasteiger partial charge in [-0.2, -0.15) is 0 Å². The van der Waals surface area contributed by atoms with Gasteiger partial charge in [0.05, 0.1) is 4.92 Å². The van der Waals surface area contributed by atoms with Crippen LogP contribution in [0.15, 0.2) is 95.3 Å². The maximum atomic E-state index is 13.5. The molecule has 0 fully saturated rings. The summed E-state index contributed by atoms with van der Waals surface area (Å²) < 4.78 is 26.7. The summed E-state index contributed by atoms with van der Waals surface area (Å²) in [6.07, 6.45) is 0. The van der Waals surface area contributed by atoms with E-state index in [2.05, 4.69) is 16.0 Å². The van der Waals surface area contributed by atoms with E-state index in [1.807, 2.05) is 0 Å². The number of nitro benzene ring substituents is 1. The van der Waals surface area contributed by atoms with Crippen LogP contribution in [-0.2, 0) is 9.59 Å². The van der Waals surface area contributed by atoms with Gasteiger partial charge >= 0.3 is 0 Å². The number of amides is 2. The first-order valence-electron chi connectivity index (χ1n) is 11.2. The van der Waals surface area contributed by atoms with Gasteiger partial charge in [-0.25, -0.2) is 8.78 Å². The standard InChI is InChI=1S/C27H22F2N4O4/c1-15-23(26(34)31-20-10-6-18(28)7-11-20)25(17-4-3-5-22(14-17)33(36)37)24(16(2)30-15)27(35)32-21-12-8-19(29)9-13-21/h3-14,25,30H,1-2H3,(H,31,34)(H,32,35). The van der Waals surface area contributed by atoms with Crippen LogP contribution in [0.5, 0.6) is 0 Å². The van der Waals surface area contributed by atoms with E-state index in [-0.39, 0.29) is 16.8 Å². The molecule has 8 nitrogen and oxygen atoms in total. The first kappa shape index (κ1) is 25.2. The Balaban J connectivity index is 1.79. The molecular weight excluding hydrogens is 482 g/mol. The van der Waals surface area contributed by atoms with Crippen LogP contribution in [0, 0.1) is 21.7 Å². The third-order valence-electron chi connectivity index (χ3n) is 5.87. The molecule has 1 heterocycles. The fraction of sp³-hybridized carbons (Fsp3) is 0.111. The van der Waals surface area contributed by atoms with Crippen molar-refractivity contribution in [2.45, 2.75) is 19.8 Å². The SMILES string of the molecule is CC1=C(C(=O)Nc2ccc(F)cc2)C(c2cccc([N+](=O)[O-])c2)C(C(=O)Nc2ccc(F)cc2)=C(C)N1. The Labute approximate surface area is 210 Å². The van der Waals surface area contributed by atoms with Crippen LogP contribution < -0.4 is 16.0 Å². The predicted octanol–water partition coefficient (Wildman–Crippen LogP) is 5.39. The molecule has 1 aliphatic heterocycles. The number of halogens is 2. The number of carbonyl (C=O) groups is 2. The Morgan fingerprint density at radius 1 is 0.811 bits per heavy atom. The second-order valence-corrected chi connectivity index (χ2v) is 8.41. The number of anilines is 2. The molecule has 0 radical (unpaired) electrons. The minimum Gasteiger partial charge on any atom is -0.362 e. The number of non-ortho nitro benzene ring substituents is 1. The van der Waals surface area contributed by atoms with Gasteiger partial charge in [0.1, 0.15) is 11.6 Å². The smallest absolute Gasteiger partial charge is 0.269 e. The maximum absolute atomic E-state index is 13.5. The number of hydrogen-bond donors (Lipinski definition) is 3. The van der Waals surface area contributed by atoms with Crippen molar-refractivity contribution in [1.29, 1.82) is 0 Å². The van der Waals surface area contributed by atoms with Gasteiger partial charge in [-0.3, -0.25) is 19.7 Å². The Hall–Kier alpha value is -4.86. The van der Waals surface area contributed by atoms with E-state index in [1.54, 1.807) is 19.9 Å². The highest BCUT2D eigenvalue weighted by atomic mass is 19.1. The molecule has 0 spiro atoms. The molecular formula is C27H22F2N4O4. The molecule has 0 bridgehead atoms. The summed E-state index contributed by atoms with van der Waals surface area (Å²) in [5.74, 6) is -3.08. The second kappa shape index (κ2) is 10.4. The van der Waals surface area contributed by atoms with E-state index in [0.29, 0.717) is 28.3 Å². The zero-order chi connectivity index (χ0) is 26.7. The van der Waals surface area contributed by atoms with Gasteiger partial charge in [0.25, 0.3) is 17.5 Å². The number of dihydropyridines is 1. The number of hydrogen-bond acceptors (Lipinski definition) is 5. The Kier molecular flexibility index (Phi) is 7.10. The van der Waals surface area contributed by atoms with Crippen LogP contribution in [0.4, 0.5) is 25.8 Å². The van der Waals surface area contributed by atoms with Crippen LogP contribution in [0.3, 0.4) is 0 Å². The lowest BCUT2D eigenvalue weighted by Gasteiger charge is -2.31. The van der Waals surface area contributed by atoms with E-state index in [1.165, 1.54) is 66.7 Å². The highest BCUT2D eigenvalue weighted by molar-refractivity contribution is 6.11. The highest BCUT2D eigenvalue weighted by Crippen LogP contribution is 2.40. The normalized spacial score (nSPS) is 13.7. The summed E-state index contributed by atoms with van der Waals surface area (Å²) in [4.78, 5) is 37.9. The van der Waals surface area contributed by atoms with Crippen molar-refractivity contribution < 1.29 is 23.3 Å². The first-order valence-corrected chi connectivity index (χ1v) is 11.2. The molecule has 37 heavy (non-hydrogen) atoms. The van der Waals surface area contributed by atoms with Crippen LogP contribution in [0.1, 0.15) is 25.3 Å². The molecule has 4 rings (SSSR count). The van der Waals surface area contributed by atoms with Crippen molar-refractivity contribution in [2.75, 3.05) is 10.6 Å². The molecule has 0 aromatic heterocycles. The zero-order valence-electron chi connectivity index (χ0n) is 19.8. The summed E-state index contributed by atoms with van der Waals surface area (Å²) in [7, 11) is 0. The zero-order valence-corrected chi connectivity index (χ0v) is 19.8. The molecule has 3 N–H and O–H groups in total. The lowest BCUT2D eigenvalue weighted by molar-refractivity contribution is -0.384. The average molecular weight is 504 g/mol. The van der Waals surface area contributed by atoms with Gasteiger partial charge in [-0.15, -0.1) is 0 Å². The van der Waals surface area contributed by atoms with Gasteiger partial charge < -0.3 is 16.0 Å². The summed E-state index contributed by atoms with van der Waals surface area (Å²) in [6, 6.07) is 16.1. The number of allylic oxidation sites excluding steroid dienone is 2. The van der Waals surface area contributed by atoms with E-state index in [0.717, 1.165) is 0 Å². The predicted molar refractivity (Wildman–Crippen MR) is 134 cm³/mol. The van der Waals surface area contributed by atoms with Crippen molar-refractivity contribution >= 4 is 28.9 Å². The monoisotopic (exact) mass is 504 g/mol. The number of rotatable bonds is 6. The molecule has 10 heteroatoms. The number of nitrogens with zero attached hydrogens (tertiary/aromatic N) is 1. The molecule has 3 aromatic rings. The molecule has 188 valence electrons. The fourth-order valence-corrected chi connectivity index (χ4v) is 4.21. The van der Waals surface area contributed by atoms with Gasteiger partial charge in [0.2, 0.25) is 0 Å². The Morgan fingerprint density at radius 2 is 1.27 bits per heavy atom. The fourth-order valence-electron chi connectivity index (χ4n) is 4.21. The molecule has 0 saturated heterocycles. The van der Waals surface area contributed by atoms with Crippen molar-refractivity contribution in [3.8, 4) is 0 Å². The Bertz CT molecular complexity index is 1370. The number of nitrogens with one attached hydrogen (secondary N) is 3. The minimum absolute atomic E-state index is 0.152. The van der Waals surface area contributed by atoms with Crippen LogP contribution in [0.2, 0.25) is 0 Å². The third-order valence-corrected chi connectivity index (χ3v) is 5.87. The van der Waals surface area contributed by atoms with E-state index in [9.17, 15) is 28.5 Å². The van der Waals surface area contributed by atoms with Crippen molar-refractivity contribution in [2.24, 2.45) is 0 Å². The summed E-state index contributed by atoms with van der Waals surface area (Å²) in [5, 5.41) is 19.9. The largest absolute Gasteiger partial charge is 0.362 e. The molecule has 2 amide bonds. The molecule has 0 saturated carbocycles. The van der Waals surface area contributed by atoms with Gasteiger partial charge in [-0.05, 0) is 67.9 Å². The van der Waals surface area contributed by atoms with Gasteiger partial charge in [-0.1, -0.05) is 12.1 Å². The molecule has 1 aliphatic rings. The lowest BCUT2D eigenvalue weighted by atomic mass is 9.79. The van der Waals surface area contributed by atoms with Gasteiger partial charge in [0, 0.05) is 52.0 Å². The summed E-state index contributed by atoms with van der Waals surface area (Å²) >= 11 is 0. The molecule has 0 aliphatic carbocycles. The molecule has 0 unspecified atom stereocenters.